The molecule has 3 heteroatoms. The van der Waals surface area contributed by atoms with Crippen molar-refractivity contribution in [3.63, 3.8) is 0 Å². The summed E-state index contributed by atoms with van der Waals surface area (Å²) in [5.41, 5.74) is 9.07. The number of anilines is 1. The summed E-state index contributed by atoms with van der Waals surface area (Å²) in [6.07, 6.45) is 8.45. The lowest BCUT2D eigenvalue weighted by atomic mass is 9.77. The number of nitrogens with zero attached hydrogens (tertiary/aromatic N) is 1. The average molecular weight is 274 g/mol. The molecule has 0 unspecified atom stereocenters. The largest absolute Gasteiger partial charge is 0.497 e. The highest BCUT2D eigenvalue weighted by Crippen LogP contribution is 2.47. The first-order valence-corrected chi connectivity index (χ1v) is 7.88. The molecule has 3 nitrogen and oxygen atoms in total. The molecule has 2 aliphatic rings. The fourth-order valence-electron chi connectivity index (χ4n) is 3.98. The van der Waals surface area contributed by atoms with Crippen LogP contribution in [0.25, 0.3) is 0 Å². The fourth-order valence-corrected chi connectivity index (χ4v) is 3.98. The van der Waals surface area contributed by atoms with Crippen LogP contribution in [0.15, 0.2) is 18.2 Å². The number of benzene rings is 1. The first kappa shape index (κ1) is 13.7. The van der Waals surface area contributed by atoms with Gasteiger partial charge in [-0.2, -0.15) is 0 Å². The summed E-state index contributed by atoms with van der Waals surface area (Å²) in [6.45, 7) is 2.93. The van der Waals surface area contributed by atoms with E-state index >= 15 is 0 Å². The van der Waals surface area contributed by atoms with Crippen molar-refractivity contribution in [2.45, 2.75) is 45.1 Å². The number of piperidine rings is 1. The third-order valence-electron chi connectivity index (χ3n) is 5.34. The fraction of sp³-hybridized carbons (Fsp3) is 0.647. The van der Waals surface area contributed by atoms with Crippen LogP contribution in [-0.4, -0.2) is 20.2 Å². The van der Waals surface area contributed by atoms with Gasteiger partial charge in [-0.15, -0.1) is 0 Å². The standard InChI is InChI=1S/C17H26N2O/c1-20-15-5-4-14(13-18)16(12-15)19-10-8-17(9-11-19)6-2-3-7-17/h4-5,12H,2-3,6-11,13,18H2,1H3. The minimum Gasteiger partial charge on any atom is -0.497 e. The van der Waals surface area contributed by atoms with Crippen LogP contribution in [0, 0.1) is 5.41 Å². The average Bonchev–Trinajstić information content (AvgIpc) is 2.95. The van der Waals surface area contributed by atoms with E-state index in [-0.39, 0.29) is 0 Å². The first-order chi connectivity index (χ1) is 9.76. The summed E-state index contributed by atoms with van der Waals surface area (Å²) >= 11 is 0. The van der Waals surface area contributed by atoms with E-state index in [1.165, 1.54) is 62.9 Å². The van der Waals surface area contributed by atoms with Crippen molar-refractivity contribution in [2.24, 2.45) is 11.1 Å². The lowest BCUT2D eigenvalue weighted by Gasteiger charge is -2.41. The van der Waals surface area contributed by atoms with Gasteiger partial charge in [0, 0.05) is 31.4 Å². The highest BCUT2D eigenvalue weighted by Gasteiger charge is 2.37. The molecule has 1 heterocycles. The third-order valence-corrected chi connectivity index (χ3v) is 5.34. The van der Waals surface area contributed by atoms with Gasteiger partial charge < -0.3 is 15.4 Å². The molecule has 0 amide bonds. The normalized spacial score (nSPS) is 21.4. The van der Waals surface area contributed by atoms with Crippen molar-refractivity contribution >= 4 is 5.69 Å². The molecular weight excluding hydrogens is 248 g/mol. The maximum absolute atomic E-state index is 5.90. The molecule has 2 fully saturated rings. The quantitative estimate of drug-likeness (QED) is 0.919. The lowest BCUT2D eigenvalue weighted by molar-refractivity contribution is 0.226. The summed E-state index contributed by atoms with van der Waals surface area (Å²) in [7, 11) is 1.73. The zero-order valence-corrected chi connectivity index (χ0v) is 12.5. The smallest absolute Gasteiger partial charge is 0.120 e. The molecule has 1 spiro atoms. The predicted molar refractivity (Wildman–Crippen MR) is 83.2 cm³/mol. The van der Waals surface area contributed by atoms with Crippen LogP contribution in [0.2, 0.25) is 0 Å². The maximum Gasteiger partial charge on any atom is 0.120 e. The zero-order valence-electron chi connectivity index (χ0n) is 12.5. The Morgan fingerprint density at radius 1 is 1.15 bits per heavy atom. The van der Waals surface area contributed by atoms with E-state index < -0.39 is 0 Å². The molecule has 3 rings (SSSR count). The molecule has 2 N–H and O–H groups in total. The Balaban J connectivity index is 1.76. The van der Waals surface area contributed by atoms with E-state index in [2.05, 4.69) is 17.0 Å². The van der Waals surface area contributed by atoms with Crippen molar-refractivity contribution in [1.29, 1.82) is 0 Å². The molecule has 20 heavy (non-hydrogen) atoms. The summed E-state index contributed by atoms with van der Waals surface area (Å²) in [6, 6.07) is 6.26. The molecular formula is C17H26N2O. The molecule has 0 atom stereocenters. The van der Waals surface area contributed by atoms with E-state index in [0.29, 0.717) is 12.0 Å². The highest BCUT2D eigenvalue weighted by atomic mass is 16.5. The van der Waals surface area contributed by atoms with Gasteiger partial charge in [0.25, 0.3) is 0 Å². The van der Waals surface area contributed by atoms with Crippen molar-refractivity contribution < 1.29 is 4.74 Å². The van der Waals surface area contributed by atoms with Crippen LogP contribution in [0.5, 0.6) is 5.75 Å². The van der Waals surface area contributed by atoms with Crippen molar-refractivity contribution in [2.75, 3.05) is 25.1 Å². The molecule has 110 valence electrons. The van der Waals surface area contributed by atoms with Gasteiger partial charge in [-0.05, 0) is 42.7 Å². The van der Waals surface area contributed by atoms with Crippen LogP contribution in [0.4, 0.5) is 5.69 Å². The monoisotopic (exact) mass is 274 g/mol. The van der Waals surface area contributed by atoms with Crippen molar-refractivity contribution in [3.05, 3.63) is 23.8 Å². The Hall–Kier alpha value is -1.22. The van der Waals surface area contributed by atoms with Crippen LogP contribution in [0.3, 0.4) is 0 Å². The summed E-state index contributed by atoms with van der Waals surface area (Å²) in [4.78, 5) is 2.51. The Bertz CT molecular complexity index is 456. The number of nitrogens with two attached hydrogens (primary N) is 1. The minimum atomic E-state index is 0.598. The zero-order chi connectivity index (χ0) is 14.0. The molecule has 1 saturated heterocycles. The molecule has 1 aromatic rings. The van der Waals surface area contributed by atoms with Gasteiger partial charge >= 0.3 is 0 Å². The maximum atomic E-state index is 5.90. The second kappa shape index (κ2) is 5.65. The molecule has 1 aromatic carbocycles. The van der Waals surface area contributed by atoms with E-state index in [9.17, 15) is 0 Å². The van der Waals surface area contributed by atoms with Gasteiger partial charge in [0.1, 0.15) is 5.75 Å². The van der Waals surface area contributed by atoms with Crippen LogP contribution < -0.4 is 15.4 Å². The summed E-state index contributed by atoms with van der Waals surface area (Å²) in [5, 5.41) is 0. The first-order valence-electron chi connectivity index (χ1n) is 7.88. The number of ether oxygens (including phenoxy) is 1. The van der Waals surface area contributed by atoms with Gasteiger partial charge in [0.05, 0.1) is 7.11 Å². The van der Waals surface area contributed by atoms with Gasteiger partial charge in [-0.25, -0.2) is 0 Å². The lowest BCUT2D eigenvalue weighted by Crippen LogP contribution is -2.39. The molecule has 0 aromatic heterocycles. The minimum absolute atomic E-state index is 0.598. The second-order valence-corrected chi connectivity index (χ2v) is 6.39. The van der Waals surface area contributed by atoms with Crippen LogP contribution in [0.1, 0.15) is 44.1 Å². The SMILES string of the molecule is COc1ccc(CN)c(N2CCC3(CCCC3)CC2)c1. The van der Waals surface area contributed by atoms with Crippen molar-refractivity contribution in [3.8, 4) is 5.75 Å². The molecule has 1 saturated carbocycles. The Morgan fingerprint density at radius 2 is 1.85 bits per heavy atom. The summed E-state index contributed by atoms with van der Waals surface area (Å²) in [5.74, 6) is 0.929. The summed E-state index contributed by atoms with van der Waals surface area (Å²) < 4.78 is 5.37. The third kappa shape index (κ3) is 2.51. The number of rotatable bonds is 3. The van der Waals surface area contributed by atoms with Gasteiger partial charge in [0.15, 0.2) is 0 Å². The number of hydrogen-bond donors (Lipinski definition) is 1. The van der Waals surface area contributed by atoms with Crippen molar-refractivity contribution in [1.82, 2.24) is 0 Å². The molecule has 1 aliphatic heterocycles. The Kier molecular flexibility index (Phi) is 3.88. The Labute approximate surface area is 122 Å². The van der Waals surface area contributed by atoms with Crippen LogP contribution in [-0.2, 0) is 6.54 Å². The Morgan fingerprint density at radius 3 is 2.45 bits per heavy atom. The predicted octanol–water partition coefficient (Wildman–Crippen LogP) is 3.31. The second-order valence-electron chi connectivity index (χ2n) is 6.39. The molecule has 0 radical (unpaired) electrons. The topological polar surface area (TPSA) is 38.5 Å². The van der Waals surface area contributed by atoms with Gasteiger partial charge in [0.2, 0.25) is 0 Å². The van der Waals surface area contributed by atoms with Crippen LogP contribution >= 0.6 is 0 Å². The van der Waals surface area contributed by atoms with E-state index in [1.807, 2.05) is 6.07 Å². The van der Waals surface area contributed by atoms with Gasteiger partial charge in [-0.1, -0.05) is 18.9 Å². The van der Waals surface area contributed by atoms with E-state index in [1.54, 1.807) is 7.11 Å². The molecule has 1 aliphatic carbocycles. The van der Waals surface area contributed by atoms with E-state index in [0.717, 1.165) is 5.75 Å². The molecule has 0 bridgehead atoms. The number of methoxy groups -OCH3 is 1. The van der Waals surface area contributed by atoms with E-state index in [4.69, 9.17) is 10.5 Å². The van der Waals surface area contributed by atoms with Gasteiger partial charge in [-0.3, -0.25) is 0 Å². The highest BCUT2D eigenvalue weighted by molar-refractivity contribution is 5.57. The number of hydrogen-bond acceptors (Lipinski definition) is 3.